The van der Waals surface area contributed by atoms with Gasteiger partial charge in [-0.25, -0.2) is 0 Å². The number of anilines is 4. The van der Waals surface area contributed by atoms with Crippen molar-refractivity contribution in [3.63, 3.8) is 0 Å². The summed E-state index contributed by atoms with van der Waals surface area (Å²) in [4.78, 5) is 49.3. The monoisotopic (exact) mass is 958 g/mol. The second-order valence-electron chi connectivity index (χ2n) is 13.3. The molecule has 0 aliphatic heterocycles. The molecule has 5 aromatic rings. The van der Waals surface area contributed by atoms with Crippen molar-refractivity contribution in [3.8, 4) is 0 Å². The fraction of sp³-hybridized carbons (Fsp3) is 0.0870. The quantitative estimate of drug-likeness (QED) is 0.0949. The molecule has 10 heteroatoms. The van der Waals surface area contributed by atoms with E-state index in [1.54, 1.807) is 27.7 Å². The minimum absolute atomic E-state index is 0.226. The van der Waals surface area contributed by atoms with Gasteiger partial charge in [0.05, 0.1) is 0 Å². The van der Waals surface area contributed by atoms with Crippen LogP contribution in [0.15, 0.2) is 170 Å². The normalized spacial score (nSPS) is 10.7. The maximum atomic E-state index is 12.3. The molecule has 4 N–H and O–H groups in total. The zero-order chi connectivity index (χ0) is 40.5. The van der Waals surface area contributed by atoms with E-state index in [-0.39, 0.29) is 23.6 Å². The van der Waals surface area contributed by atoms with Crippen molar-refractivity contribution in [1.82, 2.24) is 0 Å². The number of carbonyl (C=O) groups excluding carboxylic acids is 4. The summed E-state index contributed by atoms with van der Waals surface area (Å²) in [6, 6.07) is 41.1. The Kier molecular flexibility index (Phi) is 14.1. The number of rotatable bonds is 14. The summed E-state index contributed by atoms with van der Waals surface area (Å²) in [7, 11) is 0. The average Bonchev–Trinajstić information content (AvgIpc) is 3.18. The molecule has 0 radical (unpaired) electrons. The van der Waals surface area contributed by atoms with Crippen LogP contribution in [0.25, 0.3) is 0 Å². The minimum atomic E-state index is -2.66. The van der Waals surface area contributed by atoms with Crippen LogP contribution in [0.2, 0.25) is 0 Å². The first-order valence-electron chi connectivity index (χ1n) is 17.7. The fourth-order valence-electron chi connectivity index (χ4n) is 5.37. The van der Waals surface area contributed by atoms with Crippen LogP contribution in [0.5, 0.6) is 0 Å². The molecule has 0 aromatic heterocycles. The zero-order valence-electron chi connectivity index (χ0n) is 31.9. The van der Waals surface area contributed by atoms with E-state index in [4.69, 9.17) is 0 Å². The van der Waals surface area contributed by atoms with Crippen LogP contribution in [0.4, 0.5) is 22.7 Å². The van der Waals surface area contributed by atoms with Crippen LogP contribution < -0.4 is 42.3 Å². The number of hydrogen-bond acceptors (Lipinski definition) is 4. The third-order valence-electron chi connectivity index (χ3n) is 8.45. The predicted octanol–water partition coefficient (Wildman–Crippen LogP) is 4.78. The Morgan fingerprint density at radius 1 is 0.321 bits per heavy atom. The van der Waals surface area contributed by atoms with Gasteiger partial charge >= 0.3 is 346 Å². The van der Waals surface area contributed by atoms with Crippen LogP contribution in [-0.4, -0.2) is 64.0 Å². The molecule has 282 valence electrons. The van der Waals surface area contributed by atoms with Crippen LogP contribution in [-0.2, 0) is 19.2 Å². The summed E-state index contributed by atoms with van der Waals surface area (Å²) >= 11 is -5.31. The zero-order valence-corrected chi connectivity index (χ0v) is 37.0. The van der Waals surface area contributed by atoms with Crippen molar-refractivity contribution >= 4 is 108 Å². The van der Waals surface area contributed by atoms with Crippen LogP contribution >= 0.6 is 0 Å². The standard InChI is InChI=1S/4C10H10NO.C6H4.2Sb/c4*1-8(2)10(12)11-9-6-4-3-5-7-9;1-2-4-6-5-3-1;;/h4*4-7H,1H2,2H3,(H,11,12);1-2,5-6H;;. The first kappa shape index (κ1) is 41.7. The number of benzene rings is 5. The third-order valence-corrected chi connectivity index (χ3v) is 22.4. The summed E-state index contributed by atoms with van der Waals surface area (Å²) in [5.74, 6) is -0.904. The number of amides is 4. The summed E-state index contributed by atoms with van der Waals surface area (Å²) in [6.45, 7) is 21.7. The van der Waals surface area contributed by atoms with Crippen LogP contribution in [0.1, 0.15) is 27.7 Å². The molecule has 0 aliphatic carbocycles. The van der Waals surface area contributed by atoms with Gasteiger partial charge in [-0.1, -0.05) is 0 Å². The molecular weight excluding hydrogens is 916 g/mol. The van der Waals surface area contributed by atoms with Gasteiger partial charge in [-0.2, -0.15) is 0 Å². The second-order valence-corrected chi connectivity index (χ2v) is 26.0. The molecule has 0 heterocycles. The molecule has 0 bridgehead atoms. The Morgan fingerprint density at radius 2 is 0.464 bits per heavy atom. The molecule has 56 heavy (non-hydrogen) atoms. The Labute approximate surface area is 343 Å². The molecule has 0 spiro atoms. The van der Waals surface area contributed by atoms with E-state index >= 15 is 0 Å². The van der Waals surface area contributed by atoms with E-state index in [0.717, 1.165) is 0 Å². The molecule has 0 saturated carbocycles. The number of carbonyl (C=O) groups is 4. The van der Waals surface area contributed by atoms with Gasteiger partial charge in [0.25, 0.3) is 0 Å². The predicted molar refractivity (Wildman–Crippen MR) is 235 cm³/mol. The van der Waals surface area contributed by atoms with Gasteiger partial charge in [-0.05, 0) is 0 Å². The van der Waals surface area contributed by atoms with E-state index in [0.29, 0.717) is 45.0 Å². The van der Waals surface area contributed by atoms with Gasteiger partial charge in [-0.3, -0.25) is 0 Å². The van der Waals surface area contributed by atoms with Crippen molar-refractivity contribution < 1.29 is 19.2 Å². The van der Waals surface area contributed by atoms with Crippen molar-refractivity contribution in [2.24, 2.45) is 0 Å². The molecule has 0 aliphatic rings. The van der Waals surface area contributed by atoms with Gasteiger partial charge in [0.15, 0.2) is 0 Å². The topological polar surface area (TPSA) is 116 Å². The van der Waals surface area contributed by atoms with E-state index in [2.05, 4.69) is 120 Å². The first-order chi connectivity index (χ1) is 26.7. The van der Waals surface area contributed by atoms with Gasteiger partial charge < -0.3 is 0 Å². The summed E-state index contributed by atoms with van der Waals surface area (Å²) in [6.07, 6.45) is 0. The van der Waals surface area contributed by atoms with Crippen molar-refractivity contribution in [1.29, 1.82) is 0 Å². The Balaban J connectivity index is 1.54. The Morgan fingerprint density at radius 3 is 0.607 bits per heavy atom. The third kappa shape index (κ3) is 10.9. The second kappa shape index (κ2) is 18.9. The van der Waals surface area contributed by atoms with E-state index in [1.807, 2.05) is 48.5 Å². The summed E-state index contributed by atoms with van der Waals surface area (Å²) in [5, 5.41) is 11.6. The number of nitrogens with one attached hydrogen (secondary N) is 4. The molecule has 0 unspecified atom stereocenters. The molecule has 4 amide bonds. The van der Waals surface area contributed by atoms with E-state index < -0.39 is 40.4 Å². The summed E-state index contributed by atoms with van der Waals surface area (Å²) in [5.41, 5.74) is 4.51. The molecule has 5 aromatic carbocycles. The van der Waals surface area contributed by atoms with E-state index in [9.17, 15) is 19.2 Å². The molecule has 8 nitrogen and oxygen atoms in total. The fourth-order valence-corrected chi connectivity index (χ4v) is 18.1. The summed E-state index contributed by atoms with van der Waals surface area (Å²) < 4.78 is 7.28. The first-order valence-corrected chi connectivity index (χ1v) is 25.3. The van der Waals surface area contributed by atoms with Gasteiger partial charge in [0.2, 0.25) is 0 Å². The SMILES string of the molecule is C=C(C)C(=O)Nc1cc[c]([Sb]([c]2ccc(NC(=O)C(=C)C)cc2)[c]2cc[c]([Sb]([c]3ccc(NC(=O)C(=C)C)cc3)[c]3ccc(NC(=O)C(=C)C)cc3)cc2)cc1. The molecule has 5 rings (SSSR count). The van der Waals surface area contributed by atoms with Crippen LogP contribution in [0, 0.1) is 0 Å². The molecular formula is C46H44N4O4Sb2. The molecule has 0 atom stereocenters. The Bertz CT molecular complexity index is 2010. The molecule has 0 fully saturated rings. The van der Waals surface area contributed by atoms with Gasteiger partial charge in [-0.15, -0.1) is 0 Å². The van der Waals surface area contributed by atoms with Crippen molar-refractivity contribution in [2.75, 3.05) is 21.3 Å². The van der Waals surface area contributed by atoms with Crippen molar-refractivity contribution in [3.05, 3.63) is 170 Å². The Hall–Kier alpha value is -5.42. The molecule has 0 saturated heterocycles. The van der Waals surface area contributed by atoms with Crippen LogP contribution in [0.3, 0.4) is 0 Å². The van der Waals surface area contributed by atoms with Gasteiger partial charge in [0, 0.05) is 0 Å². The maximum absolute atomic E-state index is 12.3. The van der Waals surface area contributed by atoms with E-state index in [1.165, 1.54) is 21.1 Å². The average molecular weight is 960 g/mol. The van der Waals surface area contributed by atoms with Crippen molar-refractivity contribution in [2.45, 2.75) is 27.7 Å². The number of hydrogen-bond donors (Lipinski definition) is 4. The van der Waals surface area contributed by atoms with Gasteiger partial charge in [0.1, 0.15) is 0 Å².